The van der Waals surface area contributed by atoms with E-state index in [2.05, 4.69) is 4.98 Å². The van der Waals surface area contributed by atoms with E-state index in [9.17, 15) is 5.11 Å². The monoisotopic (exact) mass is 255 g/mol. The zero-order valence-corrected chi connectivity index (χ0v) is 10.2. The van der Waals surface area contributed by atoms with Crippen LogP contribution in [0.4, 0.5) is 5.69 Å². The summed E-state index contributed by atoms with van der Waals surface area (Å²) in [6, 6.07) is 10.4. The molecular formula is C14H13N3O2. The average molecular weight is 255 g/mol. The van der Waals surface area contributed by atoms with Gasteiger partial charge in [0.1, 0.15) is 18.1 Å². The van der Waals surface area contributed by atoms with Crippen molar-refractivity contribution in [2.24, 2.45) is 0 Å². The molecule has 0 unspecified atom stereocenters. The predicted octanol–water partition coefficient (Wildman–Crippen LogP) is 2.20. The van der Waals surface area contributed by atoms with Crippen LogP contribution in [0.3, 0.4) is 0 Å². The lowest BCUT2D eigenvalue weighted by atomic mass is 10.3. The Kier molecular flexibility index (Phi) is 2.72. The molecule has 5 heteroatoms. The number of ether oxygens (including phenoxy) is 1. The molecule has 0 atom stereocenters. The van der Waals surface area contributed by atoms with Gasteiger partial charge in [0, 0.05) is 12.3 Å². The molecule has 0 fully saturated rings. The summed E-state index contributed by atoms with van der Waals surface area (Å²) >= 11 is 0. The molecule has 1 aromatic carbocycles. The van der Waals surface area contributed by atoms with Crippen molar-refractivity contribution in [2.75, 3.05) is 5.73 Å². The van der Waals surface area contributed by atoms with Crippen molar-refractivity contribution in [2.45, 2.75) is 6.61 Å². The van der Waals surface area contributed by atoms with Crippen molar-refractivity contribution in [1.82, 2.24) is 9.38 Å². The molecule has 2 aromatic heterocycles. The molecule has 0 aliphatic rings. The first-order chi connectivity index (χ1) is 9.24. The number of hydrogen-bond donors (Lipinski definition) is 2. The van der Waals surface area contributed by atoms with Crippen LogP contribution in [0.25, 0.3) is 5.65 Å². The molecule has 19 heavy (non-hydrogen) atoms. The maximum absolute atomic E-state index is 9.36. The van der Waals surface area contributed by atoms with Gasteiger partial charge in [-0.1, -0.05) is 6.07 Å². The van der Waals surface area contributed by atoms with E-state index in [0.29, 0.717) is 18.0 Å². The highest BCUT2D eigenvalue weighted by molar-refractivity contribution is 5.64. The van der Waals surface area contributed by atoms with Gasteiger partial charge in [0.2, 0.25) is 0 Å². The maximum atomic E-state index is 9.36. The molecule has 0 aliphatic carbocycles. The van der Waals surface area contributed by atoms with Crippen LogP contribution >= 0.6 is 0 Å². The Morgan fingerprint density at radius 2 is 2.16 bits per heavy atom. The minimum Gasteiger partial charge on any atom is -0.508 e. The summed E-state index contributed by atoms with van der Waals surface area (Å²) in [5, 5.41) is 9.36. The van der Waals surface area contributed by atoms with Gasteiger partial charge in [-0.2, -0.15) is 0 Å². The molecule has 0 aliphatic heterocycles. The number of aromatic hydroxyl groups is 1. The third-order valence-corrected chi connectivity index (χ3v) is 2.85. The highest BCUT2D eigenvalue weighted by atomic mass is 16.5. The molecule has 0 radical (unpaired) electrons. The summed E-state index contributed by atoms with van der Waals surface area (Å²) in [6.07, 6.45) is 3.62. The Bertz CT molecular complexity index is 722. The quantitative estimate of drug-likeness (QED) is 0.752. The van der Waals surface area contributed by atoms with Crippen molar-refractivity contribution in [3.8, 4) is 11.5 Å². The summed E-state index contributed by atoms with van der Waals surface area (Å²) < 4.78 is 7.50. The van der Waals surface area contributed by atoms with Crippen LogP contribution < -0.4 is 10.5 Å². The number of nitrogen functional groups attached to an aromatic ring is 1. The fourth-order valence-corrected chi connectivity index (χ4v) is 1.92. The number of imidazole rings is 1. The van der Waals surface area contributed by atoms with Gasteiger partial charge in [-0.15, -0.1) is 0 Å². The summed E-state index contributed by atoms with van der Waals surface area (Å²) in [4.78, 5) is 4.26. The van der Waals surface area contributed by atoms with Crippen molar-refractivity contribution in [1.29, 1.82) is 0 Å². The molecule has 0 saturated heterocycles. The largest absolute Gasteiger partial charge is 0.508 e. The van der Waals surface area contributed by atoms with Crippen molar-refractivity contribution >= 4 is 11.3 Å². The van der Waals surface area contributed by atoms with Crippen LogP contribution in [0.2, 0.25) is 0 Å². The van der Waals surface area contributed by atoms with E-state index >= 15 is 0 Å². The number of fused-ring (bicyclic) bond motifs is 1. The lowest BCUT2D eigenvalue weighted by molar-refractivity contribution is 0.298. The topological polar surface area (TPSA) is 72.8 Å². The van der Waals surface area contributed by atoms with Crippen molar-refractivity contribution in [3.05, 3.63) is 54.5 Å². The second kappa shape index (κ2) is 4.53. The SMILES string of the molecule is Nc1cccn2c(COc3cccc(O)c3)cnc12. The zero-order valence-electron chi connectivity index (χ0n) is 10.2. The number of hydrogen-bond acceptors (Lipinski definition) is 4. The lowest BCUT2D eigenvalue weighted by Gasteiger charge is -2.06. The second-order valence-electron chi connectivity index (χ2n) is 4.19. The number of aromatic nitrogens is 2. The molecular weight excluding hydrogens is 242 g/mol. The standard InChI is InChI=1S/C14H13N3O2/c15-13-5-2-6-17-10(8-16-14(13)17)9-19-12-4-1-3-11(18)7-12/h1-8,18H,9,15H2. The Morgan fingerprint density at radius 3 is 3.00 bits per heavy atom. The Balaban J connectivity index is 1.84. The Morgan fingerprint density at radius 1 is 1.26 bits per heavy atom. The van der Waals surface area contributed by atoms with Gasteiger partial charge in [-0.25, -0.2) is 4.98 Å². The number of pyridine rings is 1. The molecule has 0 bridgehead atoms. The fourth-order valence-electron chi connectivity index (χ4n) is 1.92. The first kappa shape index (κ1) is 11.4. The molecule has 96 valence electrons. The van der Waals surface area contributed by atoms with Crippen LogP contribution in [-0.4, -0.2) is 14.5 Å². The smallest absolute Gasteiger partial charge is 0.160 e. The van der Waals surface area contributed by atoms with Gasteiger partial charge in [0.15, 0.2) is 5.65 Å². The predicted molar refractivity (Wildman–Crippen MR) is 72.0 cm³/mol. The third-order valence-electron chi connectivity index (χ3n) is 2.85. The number of phenolic OH excluding ortho intramolecular Hbond substituents is 1. The first-order valence-corrected chi connectivity index (χ1v) is 5.86. The number of anilines is 1. The van der Waals surface area contributed by atoms with Crippen LogP contribution in [-0.2, 0) is 6.61 Å². The van der Waals surface area contributed by atoms with Crippen LogP contribution in [0, 0.1) is 0 Å². The number of benzene rings is 1. The fraction of sp³-hybridized carbons (Fsp3) is 0.0714. The molecule has 3 rings (SSSR count). The summed E-state index contributed by atoms with van der Waals surface area (Å²) in [7, 11) is 0. The van der Waals surface area contributed by atoms with Gasteiger partial charge < -0.3 is 15.6 Å². The summed E-state index contributed by atoms with van der Waals surface area (Å²) in [6.45, 7) is 0.355. The van der Waals surface area contributed by atoms with E-state index in [1.54, 1.807) is 30.5 Å². The lowest BCUT2D eigenvalue weighted by Crippen LogP contribution is -2.00. The van der Waals surface area contributed by atoms with Gasteiger partial charge in [-0.3, -0.25) is 4.40 Å². The number of phenols is 1. The van der Waals surface area contributed by atoms with Crippen LogP contribution in [0.1, 0.15) is 5.69 Å². The van der Waals surface area contributed by atoms with Gasteiger partial charge in [-0.05, 0) is 24.3 Å². The van der Waals surface area contributed by atoms with Crippen molar-refractivity contribution in [3.63, 3.8) is 0 Å². The van der Waals surface area contributed by atoms with E-state index in [0.717, 1.165) is 11.3 Å². The van der Waals surface area contributed by atoms with Crippen molar-refractivity contribution < 1.29 is 9.84 Å². The van der Waals surface area contributed by atoms with Gasteiger partial charge in [0.25, 0.3) is 0 Å². The highest BCUT2D eigenvalue weighted by Gasteiger charge is 2.06. The molecule has 0 spiro atoms. The van der Waals surface area contributed by atoms with Crippen LogP contribution in [0.5, 0.6) is 11.5 Å². The van der Waals surface area contributed by atoms with E-state index in [1.807, 2.05) is 22.7 Å². The Hall–Kier alpha value is -2.69. The normalized spacial score (nSPS) is 10.7. The summed E-state index contributed by atoms with van der Waals surface area (Å²) in [5.41, 5.74) is 8.08. The highest BCUT2D eigenvalue weighted by Crippen LogP contribution is 2.20. The zero-order chi connectivity index (χ0) is 13.2. The Labute approximate surface area is 109 Å². The molecule has 3 aromatic rings. The van der Waals surface area contributed by atoms with E-state index < -0.39 is 0 Å². The summed E-state index contributed by atoms with van der Waals surface area (Å²) in [5.74, 6) is 0.790. The molecule has 0 amide bonds. The number of nitrogens with zero attached hydrogens (tertiary/aromatic N) is 2. The minimum absolute atomic E-state index is 0.180. The second-order valence-corrected chi connectivity index (χ2v) is 4.19. The molecule has 5 nitrogen and oxygen atoms in total. The van der Waals surface area contributed by atoms with Crippen LogP contribution in [0.15, 0.2) is 48.8 Å². The molecule has 0 saturated carbocycles. The minimum atomic E-state index is 0.180. The van der Waals surface area contributed by atoms with E-state index in [1.165, 1.54) is 0 Å². The van der Waals surface area contributed by atoms with Gasteiger partial charge in [0.05, 0.1) is 17.6 Å². The molecule has 3 N–H and O–H groups in total. The van der Waals surface area contributed by atoms with E-state index in [-0.39, 0.29) is 5.75 Å². The maximum Gasteiger partial charge on any atom is 0.160 e. The molecule has 2 heterocycles. The number of rotatable bonds is 3. The third kappa shape index (κ3) is 2.18. The first-order valence-electron chi connectivity index (χ1n) is 5.86. The number of nitrogens with two attached hydrogens (primary N) is 1. The van der Waals surface area contributed by atoms with Gasteiger partial charge >= 0.3 is 0 Å². The average Bonchev–Trinajstić information content (AvgIpc) is 2.81. The van der Waals surface area contributed by atoms with E-state index in [4.69, 9.17) is 10.5 Å².